The number of aromatic nitrogens is 2. The molecule has 0 saturated heterocycles. The molecule has 2 N–H and O–H groups in total. The Labute approximate surface area is 108 Å². The van der Waals surface area contributed by atoms with Crippen LogP contribution in [0, 0.1) is 17.1 Å². The third kappa shape index (κ3) is 2.13. The summed E-state index contributed by atoms with van der Waals surface area (Å²) in [7, 11) is 0. The van der Waals surface area contributed by atoms with Crippen LogP contribution in [-0.4, -0.2) is 16.2 Å². The van der Waals surface area contributed by atoms with E-state index in [1.165, 1.54) is 17.8 Å². The van der Waals surface area contributed by atoms with Crippen LogP contribution in [0.5, 0.6) is 0 Å². The third-order valence-corrected chi connectivity index (χ3v) is 2.89. The number of halogens is 1. The number of hydrogen-bond donors (Lipinski definition) is 1. The molecule has 1 heterocycles. The highest BCUT2D eigenvalue weighted by molar-refractivity contribution is 7.98. The Bertz CT molecular complexity index is 636. The summed E-state index contributed by atoms with van der Waals surface area (Å²) in [6, 6.07) is 8.04. The third-order valence-electron chi connectivity index (χ3n) is 2.34. The van der Waals surface area contributed by atoms with Crippen LogP contribution >= 0.6 is 11.8 Å². The van der Waals surface area contributed by atoms with Gasteiger partial charge in [-0.2, -0.15) is 5.26 Å². The van der Waals surface area contributed by atoms with Gasteiger partial charge in [0.2, 0.25) is 0 Å². The lowest BCUT2D eigenvalue weighted by Crippen LogP contribution is -2.03. The molecule has 1 aromatic heterocycles. The fourth-order valence-corrected chi connectivity index (χ4v) is 1.88. The molecule has 0 bridgehead atoms. The maximum absolute atomic E-state index is 13.7. The molecule has 2 aromatic rings. The zero-order valence-corrected chi connectivity index (χ0v) is 10.3. The summed E-state index contributed by atoms with van der Waals surface area (Å²) < 4.78 is 13.7. The molecule has 0 radical (unpaired) electrons. The zero-order valence-electron chi connectivity index (χ0n) is 9.51. The minimum Gasteiger partial charge on any atom is -0.382 e. The normalized spacial score (nSPS) is 10.1. The topological polar surface area (TPSA) is 75.6 Å². The number of hydrogen-bond acceptors (Lipinski definition) is 5. The smallest absolute Gasteiger partial charge is 0.189 e. The number of benzene rings is 1. The van der Waals surface area contributed by atoms with E-state index in [0.29, 0.717) is 5.16 Å². The molecule has 0 spiro atoms. The summed E-state index contributed by atoms with van der Waals surface area (Å²) in [6.45, 7) is 0. The first-order chi connectivity index (χ1) is 8.67. The van der Waals surface area contributed by atoms with Crippen LogP contribution in [0.1, 0.15) is 5.56 Å². The second kappa shape index (κ2) is 5.02. The predicted molar refractivity (Wildman–Crippen MR) is 68.3 cm³/mol. The van der Waals surface area contributed by atoms with Gasteiger partial charge in [-0.3, -0.25) is 0 Å². The molecule has 90 valence electrons. The molecular formula is C12H9FN4S. The van der Waals surface area contributed by atoms with Gasteiger partial charge >= 0.3 is 0 Å². The average Bonchev–Trinajstić information content (AvgIpc) is 2.38. The van der Waals surface area contributed by atoms with E-state index in [2.05, 4.69) is 9.97 Å². The quantitative estimate of drug-likeness (QED) is 0.663. The van der Waals surface area contributed by atoms with Crippen LogP contribution in [0.2, 0.25) is 0 Å². The largest absolute Gasteiger partial charge is 0.382 e. The van der Waals surface area contributed by atoms with Crippen molar-refractivity contribution in [3.8, 4) is 17.3 Å². The molecule has 6 heteroatoms. The molecule has 0 saturated carbocycles. The first-order valence-electron chi connectivity index (χ1n) is 5.04. The molecule has 2 rings (SSSR count). The van der Waals surface area contributed by atoms with Gasteiger partial charge in [-0.05, 0) is 18.4 Å². The Kier molecular flexibility index (Phi) is 3.44. The highest BCUT2D eigenvalue weighted by Crippen LogP contribution is 2.28. The van der Waals surface area contributed by atoms with E-state index in [0.717, 1.165) is 0 Å². The van der Waals surface area contributed by atoms with E-state index in [1.54, 1.807) is 24.5 Å². The molecule has 1 aromatic carbocycles. The Hall–Kier alpha value is -2.13. The highest BCUT2D eigenvalue weighted by Gasteiger charge is 2.16. The second-order valence-corrected chi connectivity index (χ2v) is 4.18. The molecule has 0 aliphatic heterocycles. The van der Waals surface area contributed by atoms with Gasteiger partial charge in [-0.25, -0.2) is 14.4 Å². The maximum Gasteiger partial charge on any atom is 0.189 e. The molecule has 0 unspecified atom stereocenters. The SMILES string of the molecule is CSc1nc(N)c(C#N)c(-c2ccccc2F)n1. The van der Waals surface area contributed by atoms with Gasteiger partial charge in [-0.1, -0.05) is 23.9 Å². The number of thioether (sulfide) groups is 1. The molecule has 0 fully saturated rings. The first kappa shape index (κ1) is 12.3. The Morgan fingerprint density at radius 2 is 2.06 bits per heavy atom. The lowest BCUT2D eigenvalue weighted by Gasteiger charge is -2.08. The van der Waals surface area contributed by atoms with Gasteiger partial charge in [0.1, 0.15) is 23.3 Å². The van der Waals surface area contributed by atoms with Gasteiger partial charge in [0.15, 0.2) is 5.16 Å². The molecule has 0 aliphatic carbocycles. The van der Waals surface area contributed by atoms with Crippen molar-refractivity contribution in [2.24, 2.45) is 0 Å². The fraction of sp³-hybridized carbons (Fsp3) is 0.0833. The average molecular weight is 260 g/mol. The van der Waals surface area contributed by atoms with Gasteiger partial charge in [0.05, 0.1) is 5.69 Å². The van der Waals surface area contributed by atoms with Gasteiger partial charge in [-0.15, -0.1) is 0 Å². The van der Waals surface area contributed by atoms with Crippen LogP contribution in [-0.2, 0) is 0 Å². The Morgan fingerprint density at radius 1 is 1.33 bits per heavy atom. The number of anilines is 1. The van der Waals surface area contributed by atoms with Crippen LogP contribution < -0.4 is 5.73 Å². The van der Waals surface area contributed by atoms with Crippen molar-refractivity contribution in [2.45, 2.75) is 5.16 Å². The van der Waals surface area contributed by atoms with E-state index in [1.807, 2.05) is 6.07 Å². The lowest BCUT2D eigenvalue weighted by molar-refractivity contribution is 0.630. The number of nitriles is 1. The van der Waals surface area contributed by atoms with Crippen molar-refractivity contribution in [2.75, 3.05) is 12.0 Å². The molecular weight excluding hydrogens is 251 g/mol. The lowest BCUT2D eigenvalue weighted by atomic mass is 10.1. The van der Waals surface area contributed by atoms with E-state index < -0.39 is 5.82 Å². The summed E-state index contributed by atoms with van der Waals surface area (Å²) in [5.41, 5.74) is 6.26. The number of nitrogen functional groups attached to an aromatic ring is 1. The van der Waals surface area contributed by atoms with Gasteiger partial charge in [0.25, 0.3) is 0 Å². The van der Waals surface area contributed by atoms with E-state index >= 15 is 0 Å². The minimum absolute atomic E-state index is 0.0649. The molecule has 0 amide bonds. The zero-order chi connectivity index (χ0) is 13.1. The van der Waals surface area contributed by atoms with Crippen molar-refractivity contribution >= 4 is 17.6 Å². The van der Waals surface area contributed by atoms with Crippen LogP contribution in [0.15, 0.2) is 29.4 Å². The van der Waals surface area contributed by atoms with E-state index in [-0.39, 0.29) is 22.6 Å². The minimum atomic E-state index is -0.445. The van der Waals surface area contributed by atoms with Crippen molar-refractivity contribution < 1.29 is 4.39 Å². The van der Waals surface area contributed by atoms with Crippen LogP contribution in [0.4, 0.5) is 10.2 Å². The van der Waals surface area contributed by atoms with E-state index in [4.69, 9.17) is 11.0 Å². The molecule has 18 heavy (non-hydrogen) atoms. The molecule has 0 aliphatic rings. The molecule has 0 atom stereocenters. The predicted octanol–water partition coefficient (Wildman–Crippen LogP) is 2.46. The summed E-state index contributed by atoms with van der Waals surface area (Å²) in [4.78, 5) is 8.13. The maximum atomic E-state index is 13.7. The Balaban J connectivity index is 2.74. The standard InChI is InChI=1S/C12H9FN4S/c1-18-12-16-10(8(6-14)11(15)17-12)7-4-2-3-5-9(7)13/h2-5H,1H3,(H2,15,16,17). The Morgan fingerprint density at radius 3 is 2.67 bits per heavy atom. The van der Waals surface area contributed by atoms with Crippen LogP contribution in [0.25, 0.3) is 11.3 Å². The van der Waals surface area contributed by atoms with Crippen LogP contribution in [0.3, 0.4) is 0 Å². The number of nitrogens with zero attached hydrogens (tertiary/aromatic N) is 3. The fourth-order valence-electron chi connectivity index (χ4n) is 1.51. The summed E-state index contributed by atoms with van der Waals surface area (Å²) in [5.74, 6) is -0.380. The second-order valence-electron chi connectivity index (χ2n) is 3.41. The van der Waals surface area contributed by atoms with Crippen molar-refractivity contribution in [1.29, 1.82) is 5.26 Å². The number of nitrogens with two attached hydrogens (primary N) is 1. The van der Waals surface area contributed by atoms with Gasteiger partial charge in [0, 0.05) is 5.56 Å². The number of rotatable bonds is 2. The summed E-state index contributed by atoms with van der Waals surface area (Å²) in [6.07, 6.45) is 1.78. The monoisotopic (exact) mass is 260 g/mol. The van der Waals surface area contributed by atoms with Crippen molar-refractivity contribution in [1.82, 2.24) is 9.97 Å². The first-order valence-corrected chi connectivity index (χ1v) is 6.26. The van der Waals surface area contributed by atoms with Crippen molar-refractivity contribution in [3.63, 3.8) is 0 Å². The van der Waals surface area contributed by atoms with Gasteiger partial charge < -0.3 is 5.73 Å². The molecule has 4 nitrogen and oxygen atoms in total. The highest BCUT2D eigenvalue weighted by atomic mass is 32.2. The van der Waals surface area contributed by atoms with E-state index in [9.17, 15) is 4.39 Å². The van der Waals surface area contributed by atoms with Crippen molar-refractivity contribution in [3.05, 3.63) is 35.6 Å². The summed E-state index contributed by atoms with van der Waals surface area (Å²) >= 11 is 1.28. The summed E-state index contributed by atoms with van der Waals surface area (Å²) in [5, 5.41) is 9.48.